The Kier molecular flexibility index (Phi) is 16.0. The van der Waals surface area contributed by atoms with Crippen LogP contribution < -0.4 is 11.5 Å². The third-order valence-corrected chi connectivity index (χ3v) is 2.68. The number of nitrogens with one attached hydrogen (secondary N) is 2. The summed E-state index contributed by atoms with van der Waals surface area (Å²) in [5, 5.41) is 16.6. The fourth-order valence-electron chi connectivity index (χ4n) is 1.90. The van der Waals surface area contributed by atoms with Gasteiger partial charge in [-0.1, -0.05) is 33.6 Å². The number of hydrogen-bond acceptors (Lipinski definition) is 7. The molecule has 2 rings (SSSR count). The van der Waals surface area contributed by atoms with Gasteiger partial charge in [0.2, 0.25) is 0 Å². The highest BCUT2D eigenvalue weighted by Crippen LogP contribution is 2.15. The van der Waals surface area contributed by atoms with Crippen LogP contribution >= 0.6 is 0 Å². The zero-order valence-electron chi connectivity index (χ0n) is 15.8. The zero-order valence-corrected chi connectivity index (χ0v) is 15.8. The Morgan fingerprint density at radius 2 is 1.84 bits per heavy atom. The van der Waals surface area contributed by atoms with Crippen molar-refractivity contribution < 1.29 is 0 Å². The molecule has 0 aliphatic rings. The summed E-state index contributed by atoms with van der Waals surface area (Å²) < 4.78 is 1.67. The molecule has 0 atom stereocenters. The van der Waals surface area contributed by atoms with Crippen LogP contribution in [-0.4, -0.2) is 39.6 Å². The van der Waals surface area contributed by atoms with Gasteiger partial charge in [0.1, 0.15) is 12.7 Å². The summed E-state index contributed by atoms with van der Waals surface area (Å²) in [7, 11) is 1.50. The number of nitrogens with zero attached hydrogens (tertiary/aromatic N) is 4. The Bertz CT molecular complexity index is 618. The van der Waals surface area contributed by atoms with E-state index in [4.69, 9.17) is 16.6 Å². The lowest BCUT2D eigenvalue weighted by molar-refractivity contribution is 0.833. The first-order chi connectivity index (χ1) is 12.2. The molecular weight excluding hydrogens is 316 g/mol. The summed E-state index contributed by atoms with van der Waals surface area (Å²) in [4.78, 5) is 8.64. The van der Waals surface area contributed by atoms with Crippen LogP contribution in [0.2, 0.25) is 0 Å². The highest BCUT2D eigenvalue weighted by Gasteiger charge is 2.11. The minimum absolute atomic E-state index is 0.536. The Hall–Kier alpha value is -2.61. The number of fused-ring (bicyclic) bond motifs is 1. The topological polar surface area (TPSA) is 143 Å². The number of aromatic nitrogens is 4. The lowest BCUT2D eigenvalue weighted by Crippen LogP contribution is -2.09. The SMILES string of the molecule is C=N.CCC.CCCc1c(C/C(N)=C/C=N)ncn2ncnc12.CN. The van der Waals surface area contributed by atoms with E-state index >= 15 is 0 Å². The Balaban J connectivity index is 0. The van der Waals surface area contributed by atoms with Crippen molar-refractivity contribution in [3.63, 3.8) is 0 Å². The molecule has 0 aromatic carbocycles. The fourth-order valence-corrected chi connectivity index (χ4v) is 1.90. The standard InChI is InChI=1S/C12H16N6.C3H8.CH5N.CH3N/c1-2-3-10-11(6-9(14)4-5-13)16-8-18-12(10)15-7-17-18;1-3-2;2*1-2/h4-5,7-8,13H,2-3,6,14H2,1H3;3H2,1-2H3;2H2,1H3;2H,1H2/b9-4-,13-5?;;;. The summed E-state index contributed by atoms with van der Waals surface area (Å²) in [6.07, 6.45) is 9.62. The summed E-state index contributed by atoms with van der Waals surface area (Å²) in [5.74, 6) is 0. The van der Waals surface area contributed by atoms with Gasteiger partial charge in [0, 0.05) is 23.9 Å². The van der Waals surface area contributed by atoms with Crippen LogP contribution in [0.4, 0.5) is 0 Å². The molecule has 2 aromatic heterocycles. The van der Waals surface area contributed by atoms with E-state index in [0.717, 1.165) is 29.7 Å². The minimum Gasteiger partial charge on any atom is -0.402 e. The first-order valence-electron chi connectivity index (χ1n) is 8.22. The van der Waals surface area contributed by atoms with Crippen LogP contribution in [-0.2, 0) is 12.8 Å². The van der Waals surface area contributed by atoms with Crippen molar-refractivity contribution in [1.29, 1.82) is 10.8 Å². The predicted octanol–water partition coefficient (Wildman–Crippen LogP) is 2.37. The Morgan fingerprint density at radius 1 is 1.24 bits per heavy atom. The van der Waals surface area contributed by atoms with Gasteiger partial charge >= 0.3 is 0 Å². The number of aryl methyl sites for hydroxylation is 1. The molecule has 0 aliphatic carbocycles. The van der Waals surface area contributed by atoms with Crippen LogP contribution in [0.15, 0.2) is 24.4 Å². The predicted molar refractivity (Wildman–Crippen MR) is 105 cm³/mol. The van der Waals surface area contributed by atoms with Gasteiger partial charge in [0.15, 0.2) is 5.65 Å². The first-order valence-corrected chi connectivity index (χ1v) is 8.22. The van der Waals surface area contributed by atoms with E-state index in [-0.39, 0.29) is 0 Å². The normalized spacial score (nSPS) is 9.72. The Morgan fingerprint density at radius 3 is 2.36 bits per heavy atom. The van der Waals surface area contributed by atoms with E-state index in [9.17, 15) is 0 Å². The van der Waals surface area contributed by atoms with Crippen LogP contribution in [0.1, 0.15) is 44.9 Å². The molecule has 0 fully saturated rings. The molecule has 0 saturated heterocycles. The molecule has 0 saturated carbocycles. The zero-order chi connectivity index (χ0) is 19.7. The van der Waals surface area contributed by atoms with Crippen molar-refractivity contribution in [3.05, 3.63) is 35.7 Å². The monoisotopic (exact) mass is 348 g/mol. The van der Waals surface area contributed by atoms with E-state index in [0.29, 0.717) is 12.1 Å². The molecule has 2 aromatic rings. The number of hydrogen-bond donors (Lipinski definition) is 4. The van der Waals surface area contributed by atoms with Gasteiger partial charge < -0.3 is 22.3 Å². The van der Waals surface area contributed by atoms with Crippen molar-refractivity contribution >= 4 is 18.6 Å². The van der Waals surface area contributed by atoms with Crippen LogP contribution in [0.3, 0.4) is 0 Å². The maximum atomic E-state index is 7.01. The number of rotatable bonds is 5. The van der Waals surface area contributed by atoms with E-state index in [2.05, 4.69) is 48.3 Å². The third-order valence-electron chi connectivity index (χ3n) is 2.68. The molecule has 0 amide bonds. The average Bonchev–Trinajstić information content (AvgIpc) is 3.10. The molecule has 0 bridgehead atoms. The van der Waals surface area contributed by atoms with Gasteiger partial charge in [-0.05, 0) is 26.3 Å². The summed E-state index contributed by atoms with van der Waals surface area (Å²) >= 11 is 0. The molecule has 6 N–H and O–H groups in total. The lowest BCUT2D eigenvalue weighted by Gasteiger charge is -2.08. The number of nitrogens with two attached hydrogens (primary N) is 2. The molecule has 140 valence electrons. The van der Waals surface area contributed by atoms with Gasteiger partial charge in [-0.3, -0.25) is 0 Å². The molecule has 25 heavy (non-hydrogen) atoms. The molecule has 0 aliphatic heterocycles. The van der Waals surface area contributed by atoms with Crippen molar-refractivity contribution in [1.82, 2.24) is 19.6 Å². The first kappa shape index (κ1) is 24.6. The van der Waals surface area contributed by atoms with Crippen molar-refractivity contribution in [3.8, 4) is 0 Å². The van der Waals surface area contributed by atoms with Crippen molar-refractivity contribution in [2.75, 3.05) is 7.05 Å². The second-order valence-corrected chi connectivity index (χ2v) is 4.74. The molecule has 0 spiro atoms. The van der Waals surface area contributed by atoms with Crippen LogP contribution in [0.25, 0.3) is 5.65 Å². The second-order valence-electron chi connectivity index (χ2n) is 4.74. The quantitative estimate of drug-likeness (QED) is 0.613. The fraction of sp³-hybridized carbons (Fsp3) is 0.471. The largest absolute Gasteiger partial charge is 0.402 e. The molecule has 0 radical (unpaired) electrons. The van der Waals surface area contributed by atoms with E-state index in [1.807, 2.05) is 0 Å². The van der Waals surface area contributed by atoms with Gasteiger partial charge in [0.05, 0.1) is 5.69 Å². The van der Waals surface area contributed by atoms with Crippen molar-refractivity contribution in [2.45, 2.75) is 46.5 Å². The highest BCUT2D eigenvalue weighted by molar-refractivity contribution is 5.68. The maximum Gasteiger partial charge on any atom is 0.162 e. The summed E-state index contributed by atoms with van der Waals surface area (Å²) in [5.41, 5.74) is 13.8. The lowest BCUT2D eigenvalue weighted by atomic mass is 10.1. The molecule has 8 nitrogen and oxygen atoms in total. The summed E-state index contributed by atoms with van der Waals surface area (Å²) in [6.45, 7) is 8.86. The van der Waals surface area contributed by atoms with Crippen LogP contribution in [0.5, 0.6) is 0 Å². The van der Waals surface area contributed by atoms with E-state index in [1.54, 1.807) is 16.9 Å². The highest BCUT2D eigenvalue weighted by atomic mass is 15.3. The minimum atomic E-state index is 0.536. The maximum absolute atomic E-state index is 7.01. The van der Waals surface area contributed by atoms with Gasteiger partial charge in [-0.2, -0.15) is 5.10 Å². The molecule has 2 heterocycles. The third kappa shape index (κ3) is 8.71. The molecular formula is C17H32N8. The second kappa shape index (κ2) is 16.3. The van der Waals surface area contributed by atoms with Gasteiger partial charge in [-0.15, -0.1) is 0 Å². The van der Waals surface area contributed by atoms with Gasteiger partial charge in [-0.25, -0.2) is 14.5 Å². The van der Waals surface area contributed by atoms with Gasteiger partial charge in [0.25, 0.3) is 0 Å². The average molecular weight is 348 g/mol. The summed E-state index contributed by atoms with van der Waals surface area (Å²) in [6, 6.07) is 0. The smallest absolute Gasteiger partial charge is 0.162 e. The van der Waals surface area contributed by atoms with Crippen molar-refractivity contribution in [2.24, 2.45) is 11.5 Å². The van der Waals surface area contributed by atoms with E-state index < -0.39 is 0 Å². The van der Waals surface area contributed by atoms with Crippen LogP contribution in [0, 0.1) is 10.8 Å². The molecule has 0 unspecified atom stereocenters. The van der Waals surface area contributed by atoms with E-state index in [1.165, 1.54) is 26.0 Å². The molecule has 8 heteroatoms. The Labute approximate surface area is 150 Å². The number of allylic oxidation sites excluding steroid dienone is 2.